The van der Waals surface area contributed by atoms with Gasteiger partial charge in [0.05, 0.1) is 11.5 Å². The van der Waals surface area contributed by atoms with Crippen LogP contribution in [0.1, 0.15) is 12.8 Å². The molecule has 0 spiro atoms. The van der Waals surface area contributed by atoms with Gasteiger partial charge in [-0.15, -0.1) is 0 Å². The molecule has 1 unspecified atom stereocenters. The molecule has 1 atom stereocenters. The highest BCUT2D eigenvalue weighted by atomic mass is 32.2. The Morgan fingerprint density at radius 3 is 2.64 bits per heavy atom. The first-order valence-corrected chi connectivity index (χ1v) is 7.06. The molecule has 0 aromatic heterocycles. The van der Waals surface area contributed by atoms with E-state index >= 15 is 0 Å². The minimum atomic E-state index is -2.65. The van der Waals surface area contributed by atoms with Crippen LogP contribution in [0.4, 0.5) is 0 Å². The van der Waals surface area contributed by atoms with Gasteiger partial charge in [0.1, 0.15) is 0 Å². The summed E-state index contributed by atoms with van der Waals surface area (Å²) in [6.07, 6.45) is 2.26. The lowest BCUT2D eigenvalue weighted by atomic mass is 10.0. The van der Waals surface area contributed by atoms with Crippen LogP contribution in [0.5, 0.6) is 0 Å². The first-order chi connectivity index (χ1) is 6.55. The van der Waals surface area contributed by atoms with Crippen LogP contribution in [0.2, 0.25) is 0 Å². The van der Waals surface area contributed by atoms with Crippen LogP contribution in [0.15, 0.2) is 0 Å². The maximum absolute atomic E-state index is 11.0. The zero-order valence-corrected chi connectivity index (χ0v) is 9.17. The zero-order valence-electron chi connectivity index (χ0n) is 8.35. The Kier molecular flexibility index (Phi) is 2.81. The second kappa shape index (κ2) is 3.79. The van der Waals surface area contributed by atoms with E-state index in [0.29, 0.717) is 23.5 Å². The average Bonchev–Trinajstić information content (AvgIpc) is 2.00. The lowest BCUT2D eigenvalue weighted by molar-refractivity contribution is 0.186. The van der Waals surface area contributed by atoms with Gasteiger partial charge in [0.2, 0.25) is 0 Å². The lowest BCUT2D eigenvalue weighted by Crippen LogP contribution is -2.49. The fourth-order valence-corrected chi connectivity index (χ4v) is 3.95. The molecule has 2 rings (SSSR count). The van der Waals surface area contributed by atoms with Crippen molar-refractivity contribution in [3.05, 3.63) is 0 Å². The molecule has 2 aliphatic heterocycles. The second-order valence-electron chi connectivity index (χ2n) is 4.60. The van der Waals surface area contributed by atoms with E-state index in [2.05, 4.69) is 4.90 Å². The van der Waals surface area contributed by atoms with Crippen molar-refractivity contribution in [3.8, 4) is 0 Å². The van der Waals surface area contributed by atoms with Crippen molar-refractivity contribution in [1.82, 2.24) is 4.90 Å². The Morgan fingerprint density at radius 2 is 2.07 bits per heavy atom. The molecule has 0 bridgehead atoms. The molecule has 4 nitrogen and oxygen atoms in total. The minimum Gasteiger partial charge on any atom is -0.327 e. The smallest absolute Gasteiger partial charge is 0.151 e. The highest BCUT2D eigenvalue weighted by Crippen LogP contribution is 2.20. The van der Waals surface area contributed by atoms with Crippen LogP contribution in [-0.2, 0) is 9.84 Å². The van der Waals surface area contributed by atoms with Crippen LogP contribution >= 0.6 is 0 Å². The van der Waals surface area contributed by atoms with E-state index in [1.165, 1.54) is 0 Å². The average molecular weight is 218 g/mol. The first-order valence-electron chi connectivity index (χ1n) is 5.23. The van der Waals surface area contributed by atoms with Crippen LogP contribution in [0, 0.1) is 5.92 Å². The van der Waals surface area contributed by atoms with Gasteiger partial charge in [0, 0.05) is 19.1 Å². The molecule has 2 heterocycles. The van der Waals surface area contributed by atoms with Crippen molar-refractivity contribution >= 4 is 9.84 Å². The van der Waals surface area contributed by atoms with Crippen LogP contribution in [-0.4, -0.2) is 50.5 Å². The van der Waals surface area contributed by atoms with Crippen molar-refractivity contribution < 1.29 is 8.42 Å². The molecule has 2 aliphatic rings. The molecule has 5 heteroatoms. The van der Waals surface area contributed by atoms with Gasteiger partial charge in [-0.25, -0.2) is 8.42 Å². The molecule has 0 radical (unpaired) electrons. The molecule has 0 aromatic rings. The molecular formula is C9H18N2O2S. The Labute approximate surface area is 85.4 Å². The summed E-state index contributed by atoms with van der Waals surface area (Å²) in [5.74, 6) is 1.14. The first kappa shape index (κ1) is 10.4. The fourth-order valence-electron chi connectivity index (χ4n) is 2.40. The standard InChI is InChI=1S/C9H18N2O2S/c10-9-2-1-3-11(5-9)4-8-6-14(12,13)7-8/h8-9H,1-7,10H2. The molecule has 2 fully saturated rings. The third-order valence-electron chi connectivity index (χ3n) is 3.04. The fraction of sp³-hybridized carbons (Fsp3) is 1.00. The van der Waals surface area contributed by atoms with E-state index in [1.54, 1.807) is 0 Å². The van der Waals surface area contributed by atoms with E-state index < -0.39 is 9.84 Å². The summed E-state index contributed by atoms with van der Waals surface area (Å²) in [5, 5.41) is 0. The van der Waals surface area contributed by atoms with E-state index in [-0.39, 0.29) is 0 Å². The van der Waals surface area contributed by atoms with Crippen LogP contribution in [0.3, 0.4) is 0 Å². The number of sulfone groups is 1. The number of hydrogen-bond acceptors (Lipinski definition) is 4. The predicted molar refractivity (Wildman–Crippen MR) is 55.8 cm³/mol. The number of piperidine rings is 1. The van der Waals surface area contributed by atoms with E-state index in [4.69, 9.17) is 5.73 Å². The summed E-state index contributed by atoms with van der Waals surface area (Å²) in [6.45, 7) is 2.95. The predicted octanol–water partition coefficient (Wildman–Crippen LogP) is -0.546. The number of nitrogens with zero attached hydrogens (tertiary/aromatic N) is 1. The molecule has 14 heavy (non-hydrogen) atoms. The van der Waals surface area contributed by atoms with Crippen molar-refractivity contribution in [1.29, 1.82) is 0 Å². The maximum Gasteiger partial charge on any atom is 0.151 e. The van der Waals surface area contributed by atoms with Gasteiger partial charge in [-0.2, -0.15) is 0 Å². The van der Waals surface area contributed by atoms with Crippen molar-refractivity contribution in [3.63, 3.8) is 0 Å². The molecule has 2 saturated heterocycles. The third-order valence-corrected chi connectivity index (χ3v) is 5.00. The van der Waals surface area contributed by atoms with Crippen molar-refractivity contribution in [2.75, 3.05) is 31.1 Å². The molecule has 0 saturated carbocycles. The summed E-state index contributed by atoms with van der Waals surface area (Å²) in [5.41, 5.74) is 5.85. The number of likely N-dealkylation sites (tertiary alicyclic amines) is 1. The highest BCUT2D eigenvalue weighted by molar-refractivity contribution is 7.92. The molecule has 0 amide bonds. The molecule has 0 aliphatic carbocycles. The van der Waals surface area contributed by atoms with Crippen molar-refractivity contribution in [2.24, 2.45) is 11.7 Å². The Hall–Kier alpha value is -0.130. The Morgan fingerprint density at radius 1 is 1.36 bits per heavy atom. The minimum absolute atomic E-state index is 0.292. The summed E-state index contributed by atoms with van der Waals surface area (Å²) in [7, 11) is -2.65. The summed E-state index contributed by atoms with van der Waals surface area (Å²) >= 11 is 0. The topological polar surface area (TPSA) is 63.4 Å². The monoisotopic (exact) mass is 218 g/mol. The number of nitrogens with two attached hydrogens (primary N) is 1. The summed E-state index contributed by atoms with van der Waals surface area (Å²) in [4.78, 5) is 2.31. The Bertz CT molecular complexity index is 290. The van der Waals surface area contributed by atoms with Gasteiger partial charge in [-0.3, -0.25) is 0 Å². The molecule has 0 aromatic carbocycles. The zero-order chi connectivity index (χ0) is 10.2. The normalized spacial score (nSPS) is 33.9. The van der Waals surface area contributed by atoms with E-state index in [0.717, 1.165) is 32.5 Å². The molecular weight excluding hydrogens is 200 g/mol. The van der Waals surface area contributed by atoms with Gasteiger partial charge >= 0.3 is 0 Å². The summed E-state index contributed by atoms with van der Waals surface area (Å²) in [6, 6.07) is 0.292. The Balaban J connectivity index is 1.76. The largest absolute Gasteiger partial charge is 0.327 e. The number of hydrogen-bond donors (Lipinski definition) is 1. The molecule has 2 N–H and O–H groups in total. The van der Waals surface area contributed by atoms with Gasteiger partial charge in [-0.05, 0) is 25.3 Å². The van der Waals surface area contributed by atoms with E-state index in [9.17, 15) is 8.42 Å². The van der Waals surface area contributed by atoms with Gasteiger partial charge in [-0.1, -0.05) is 0 Å². The van der Waals surface area contributed by atoms with Crippen molar-refractivity contribution in [2.45, 2.75) is 18.9 Å². The van der Waals surface area contributed by atoms with E-state index in [1.807, 2.05) is 0 Å². The third kappa shape index (κ3) is 2.46. The van der Waals surface area contributed by atoms with Crippen LogP contribution in [0.25, 0.3) is 0 Å². The SMILES string of the molecule is NC1CCCN(CC2CS(=O)(=O)C2)C1. The van der Waals surface area contributed by atoms with Crippen LogP contribution < -0.4 is 5.73 Å². The lowest BCUT2D eigenvalue weighted by Gasteiger charge is -2.36. The quantitative estimate of drug-likeness (QED) is 0.676. The highest BCUT2D eigenvalue weighted by Gasteiger charge is 2.34. The number of rotatable bonds is 2. The molecule has 82 valence electrons. The van der Waals surface area contributed by atoms with Gasteiger partial charge < -0.3 is 10.6 Å². The maximum atomic E-state index is 11.0. The second-order valence-corrected chi connectivity index (χ2v) is 6.76. The van der Waals surface area contributed by atoms with Gasteiger partial charge in [0.25, 0.3) is 0 Å². The van der Waals surface area contributed by atoms with Gasteiger partial charge in [0.15, 0.2) is 9.84 Å². The summed E-state index contributed by atoms with van der Waals surface area (Å²) < 4.78 is 21.9.